The predicted octanol–water partition coefficient (Wildman–Crippen LogP) is 3.02. The van der Waals surface area contributed by atoms with E-state index in [0.717, 1.165) is 31.3 Å². The van der Waals surface area contributed by atoms with E-state index in [2.05, 4.69) is 13.5 Å². The summed E-state index contributed by atoms with van der Waals surface area (Å²) >= 11 is 0. The number of carbonyl (C=O) groups is 1. The third-order valence-corrected chi connectivity index (χ3v) is 4.53. The van der Waals surface area contributed by atoms with Crippen LogP contribution in [0.15, 0.2) is 23.8 Å². The Kier molecular flexibility index (Phi) is 2.81. The van der Waals surface area contributed by atoms with Crippen LogP contribution in [0.1, 0.15) is 46.5 Å². The Hall–Kier alpha value is -0.890. The zero-order valence-electron chi connectivity index (χ0n) is 11.0. The highest BCUT2D eigenvalue weighted by Crippen LogP contribution is 2.50. The maximum atomic E-state index is 12.3. The van der Waals surface area contributed by atoms with Crippen LogP contribution in [-0.2, 0) is 4.79 Å². The summed E-state index contributed by atoms with van der Waals surface area (Å²) in [7, 11) is 0. The van der Waals surface area contributed by atoms with Gasteiger partial charge in [-0.15, -0.1) is 0 Å². The minimum absolute atomic E-state index is 0.173. The first kappa shape index (κ1) is 12.6. The largest absolute Gasteiger partial charge is 0.386 e. The number of carbonyl (C=O) groups excluding carboxylic acids is 1. The fraction of sp³-hybridized carbons (Fsp3) is 0.667. The molecule has 2 nitrogen and oxygen atoms in total. The molecule has 0 aromatic carbocycles. The third-order valence-electron chi connectivity index (χ3n) is 4.53. The van der Waals surface area contributed by atoms with Gasteiger partial charge in [-0.05, 0) is 57.1 Å². The lowest BCUT2D eigenvalue weighted by Crippen LogP contribution is -2.44. The number of hydrogen-bond donors (Lipinski definition) is 1. The van der Waals surface area contributed by atoms with Gasteiger partial charge in [-0.1, -0.05) is 19.1 Å². The fourth-order valence-electron chi connectivity index (χ4n) is 3.17. The van der Waals surface area contributed by atoms with Gasteiger partial charge in [0.2, 0.25) is 0 Å². The van der Waals surface area contributed by atoms with Gasteiger partial charge >= 0.3 is 0 Å². The Balaban J connectivity index is 2.40. The number of ketones is 1. The van der Waals surface area contributed by atoms with E-state index in [-0.39, 0.29) is 17.1 Å². The van der Waals surface area contributed by atoms with E-state index in [1.54, 1.807) is 19.9 Å². The Morgan fingerprint density at radius 3 is 2.76 bits per heavy atom. The van der Waals surface area contributed by atoms with Crippen molar-refractivity contribution < 1.29 is 9.90 Å². The van der Waals surface area contributed by atoms with Crippen molar-refractivity contribution in [1.82, 2.24) is 0 Å². The second-order valence-electron chi connectivity index (χ2n) is 6.28. The SMILES string of the molecule is C=C1CCC[C@]2(C)C(=O)C=C(C(C)(C)O)C[C@@H]12. The van der Waals surface area contributed by atoms with E-state index in [1.165, 1.54) is 5.57 Å². The molecule has 1 saturated carbocycles. The van der Waals surface area contributed by atoms with Crippen molar-refractivity contribution in [3.63, 3.8) is 0 Å². The summed E-state index contributed by atoms with van der Waals surface area (Å²) < 4.78 is 0. The summed E-state index contributed by atoms with van der Waals surface area (Å²) in [5.74, 6) is 0.391. The average molecular weight is 234 g/mol. The molecule has 0 aliphatic heterocycles. The zero-order chi connectivity index (χ0) is 12.8. The van der Waals surface area contributed by atoms with Gasteiger partial charge in [-0.25, -0.2) is 0 Å². The van der Waals surface area contributed by atoms with Gasteiger partial charge in [0, 0.05) is 5.41 Å². The highest BCUT2D eigenvalue weighted by Gasteiger charge is 2.47. The number of aliphatic hydroxyl groups is 1. The standard InChI is InChI=1S/C15H22O2/c1-10-6-5-7-15(4)12(10)8-11(9-13(15)16)14(2,3)17/h9,12,17H,1,5-8H2,2-4H3/t12-,15-/m0/s1. The predicted molar refractivity (Wildman–Crippen MR) is 68.6 cm³/mol. The van der Waals surface area contributed by atoms with Gasteiger partial charge < -0.3 is 5.11 Å². The summed E-state index contributed by atoms with van der Waals surface area (Å²) in [6, 6.07) is 0. The summed E-state index contributed by atoms with van der Waals surface area (Å²) in [5.41, 5.74) is 0.869. The van der Waals surface area contributed by atoms with Crippen molar-refractivity contribution >= 4 is 5.78 Å². The van der Waals surface area contributed by atoms with Crippen LogP contribution in [0.2, 0.25) is 0 Å². The van der Waals surface area contributed by atoms with Crippen LogP contribution in [0.5, 0.6) is 0 Å². The molecular formula is C15H22O2. The molecule has 2 aliphatic carbocycles. The Morgan fingerprint density at radius 1 is 1.53 bits per heavy atom. The van der Waals surface area contributed by atoms with Crippen LogP contribution in [0, 0.1) is 11.3 Å². The molecule has 1 N–H and O–H groups in total. The van der Waals surface area contributed by atoms with Gasteiger partial charge in [0.05, 0.1) is 5.60 Å². The van der Waals surface area contributed by atoms with Crippen LogP contribution in [-0.4, -0.2) is 16.5 Å². The van der Waals surface area contributed by atoms with Crippen molar-refractivity contribution in [2.24, 2.45) is 11.3 Å². The van der Waals surface area contributed by atoms with Gasteiger partial charge in [-0.2, -0.15) is 0 Å². The Bertz CT molecular complexity index is 398. The summed E-state index contributed by atoms with van der Waals surface area (Å²) in [6.45, 7) is 9.69. The molecule has 0 aromatic heterocycles. The highest BCUT2D eigenvalue weighted by atomic mass is 16.3. The minimum atomic E-state index is -0.894. The maximum Gasteiger partial charge on any atom is 0.162 e. The lowest BCUT2D eigenvalue weighted by atomic mass is 9.58. The number of allylic oxidation sites excluding steroid dienone is 2. The molecule has 2 atom stereocenters. The third kappa shape index (κ3) is 1.99. The fourth-order valence-corrected chi connectivity index (χ4v) is 3.17. The number of fused-ring (bicyclic) bond motifs is 1. The topological polar surface area (TPSA) is 37.3 Å². The molecule has 2 heteroatoms. The van der Waals surface area contributed by atoms with Crippen molar-refractivity contribution in [2.75, 3.05) is 0 Å². The van der Waals surface area contributed by atoms with Crippen LogP contribution in [0.25, 0.3) is 0 Å². The van der Waals surface area contributed by atoms with E-state index in [1.807, 2.05) is 0 Å². The highest BCUT2D eigenvalue weighted by molar-refractivity contribution is 5.97. The molecule has 0 bridgehead atoms. The van der Waals surface area contributed by atoms with Crippen molar-refractivity contribution in [1.29, 1.82) is 0 Å². The Morgan fingerprint density at radius 2 is 2.18 bits per heavy atom. The summed E-state index contributed by atoms with van der Waals surface area (Å²) in [5, 5.41) is 10.1. The van der Waals surface area contributed by atoms with Gasteiger partial charge in [0.15, 0.2) is 5.78 Å². The van der Waals surface area contributed by atoms with E-state index < -0.39 is 5.60 Å². The van der Waals surface area contributed by atoms with E-state index in [9.17, 15) is 9.90 Å². The van der Waals surface area contributed by atoms with E-state index in [4.69, 9.17) is 0 Å². The summed E-state index contributed by atoms with van der Waals surface area (Å²) in [4.78, 5) is 12.3. The first-order valence-electron chi connectivity index (χ1n) is 6.40. The molecule has 2 rings (SSSR count). The number of hydrogen-bond acceptors (Lipinski definition) is 2. The van der Waals surface area contributed by atoms with Crippen LogP contribution in [0.4, 0.5) is 0 Å². The van der Waals surface area contributed by atoms with Gasteiger partial charge in [0.25, 0.3) is 0 Å². The molecule has 0 radical (unpaired) electrons. The molecule has 94 valence electrons. The quantitative estimate of drug-likeness (QED) is 0.708. The minimum Gasteiger partial charge on any atom is -0.386 e. The molecule has 0 saturated heterocycles. The molecular weight excluding hydrogens is 212 g/mol. The summed E-state index contributed by atoms with van der Waals surface area (Å²) in [6.07, 6.45) is 5.49. The second kappa shape index (κ2) is 3.81. The van der Waals surface area contributed by atoms with Gasteiger partial charge in [-0.3, -0.25) is 4.79 Å². The van der Waals surface area contributed by atoms with E-state index in [0.29, 0.717) is 0 Å². The first-order chi connectivity index (χ1) is 7.75. The number of rotatable bonds is 1. The van der Waals surface area contributed by atoms with Crippen molar-refractivity contribution in [3.05, 3.63) is 23.8 Å². The normalized spacial score (nSPS) is 34.4. The molecule has 0 unspecified atom stereocenters. The molecule has 0 amide bonds. The van der Waals surface area contributed by atoms with E-state index >= 15 is 0 Å². The smallest absolute Gasteiger partial charge is 0.162 e. The van der Waals surface area contributed by atoms with Crippen LogP contribution >= 0.6 is 0 Å². The average Bonchev–Trinajstić information content (AvgIpc) is 2.19. The van der Waals surface area contributed by atoms with Crippen molar-refractivity contribution in [2.45, 2.75) is 52.1 Å². The lowest BCUT2D eigenvalue weighted by Gasteiger charge is -2.45. The molecule has 0 heterocycles. The van der Waals surface area contributed by atoms with Crippen molar-refractivity contribution in [3.8, 4) is 0 Å². The monoisotopic (exact) mass is 234 g/mol. The molecule has 2 aliphatic rings. The Labute approximate surface area is 103 Å². The van der Waals surface area contributed by atoms with Crippen LogP contribution < -0.4 is 0 Å². The molecule has 0 spiro atoms. The second-order valence-corrected chi connectivity index (χ2v) is 6.28. The first-order valence-corrected chi connectivity index (χ1v) is 6.40. The lowest BCUT2D eigenvalue weighted by molar-refractivity contribution is -0.127. The molecule has 1 fully saturated rings. The molecule has 17 heavy (non-hydrogen) atoms. The zero-order valence-corrected chi connectivity index (χ0v) is 11.0. The maximum absolute atomic E-state index is 12.3. The van der Waals surface area contributed by atoms with Crippen LogP contribution in [0.3, 0.4) is 0 Å². The van der Waals surface area contributed by atoms with Gasteiger partial charge in [0.1, 0.15) is 0 Å². The molecule has 0 aromatic rings.